The molecule has 0 aliphatic carbocycles. The highest BCUT2D eigenvalue weighted by molar-refractivity contribution is 7.91. The minimum absolute atomic E-state index is 0.00266. The first-order valence-electron chi connectivity index (χ1n) is 11.3. The average Bonchev–Trinajstić information content (AvgIpc) is 3.06. The Bertz CT molecular complexity index is 1600. The third kappa shape index (κ3) is 3.56. The van der Waals surface area contributed by atoms with Gasteiger partial charge in [0.05, 0.1) is 15.4 Å². The molecule has 0 fully saturated rings. The molecule has 2 aliphatic rings. The van der Waals surface area contributed by atoms with E-state index in [0.29, 0.717) is 0 Å². The second-order valence-corrected chi connectivity index (χ2v) is 11.2. The Balaban J connectivity index is 1.35. The number of carbonyl (C=O) groups is 3. The van der Waals surface area contributed by atoms with Gasteiger partial charge >= 0.3 is 5.97 Å². The number of ketones is 2. The van der Waals surface area contributed by atoms with E-state index in [1.165, 1.54) is 36.4 Å². The van der Waals surface area contributed by atoms with Gasteiger partial charge in [-0.1, -0.05) is 44.2 Å². The standard InChI is InChI=1S/C28H23NO6S/c1-28(2)21-9-5-6-10-22(21)29(3)25(28)15-18(30)16-35-27(32)17-12-13-20-24(14-17)36(33,34)23-11-7-4-8-19(23)26(20)31/h4-15H,16H2,1-3H3. The molecule has 0 spiro atoms. The van der Waals surface area contributed by atoms with E-state index >= 15 is 0 Å². The molecule has 2 aliphatic heterocycles. The van der Waals surface area contributed by atoms with E-state index in [0.717, 1.165) is 23.0 Å². The summed E-state index contributed by atoms with van der Waals surface area (Å²) in [6.45, 7) is 3.54. The van der Waals surface area contributed by atoms with Crippen LogP contribution in [0.15, 0.2) is 88.3 Å². The van der Waals surface area contributed by atoms with Crippen molar-refractivity contribution in [1.82, 2.24) is 0 Å². The van der Waals surface area contributed by atoms with Gasteiger partial charge in [-0.3, -0.25) is 9.59 Å². The van der Waals surface area contributed by atoms with Crippen LogP contribution in [-0.2, 0) is 24.8 Å². The Hall–Kier alpha value is -4.04. The molecule has 0 atom stereocenters. The summed E-state index contributed by atoms with van der Waals surface area (Å²) in [4.78, 5) is 39.8. The van der Waals surface area contributed by atoms with Gasteiger partial charge in [-0.2, -0.15) is 0 Å². The van der Waals surface area contributed by atoms with Crippen LogP contribution in [0.1, 0.15) is 45.7 Å². The van der Waals surface area contributed by atoms with Crippen molar-refractivity contribution in [1.29, 1.82) is 0 Å². The summed E-state index contributed by atoms with van der Waals surface area (Å²) in [6, 6.07) is 17.6. The molecular weight excluding hydrogens is 478 g/mol. The fraction of sp³-hybridized carbons (Fsp3) is 0.179. The summed E-state index contributed by atoms with van der Waals surface area (Å²) >= 11 is 0. The van der Waals surface area contributed by atoms with E-state index in [-0.39, 0.29) is 26.5 Å². The predicted octanol–water partition coefficient (Wildman–Crippen LogP) is 4.10. The van der Waals surface area contributed by atoms with Crippen molar-refractivity contribution in [3.63, 3.8) is 0 Å². The first-order valence-corrected chi connectivity index (χ1v) is 12.8. The molecule has 3 aromatic rings. The molecule has 0 N–H and O–H groups in total. The molecule has 8 heteroatoms. The zero-order valence-electron chi connectivity index (χ0n) is 19.9. The summed E-state index contributed by atoms with van der Waals surface area (Å²) in [5, 5.41) is 0. The van der Waals surface area contributed by atoms with Gasteiger partial charge < -0.3 is 9.64 Å². The number of rotatable bonds is 4. The van der Waals surface area contributed by atoms with Crippen LogP contribution >= 0.6 is 0 Å². The normalized spacial score (nSPS) is 17.8. The van der Waals surface area contributed by atoms with Gasteiger partial charge in [-0.25, -0.2) is 13.2 Å². The lowest BCUT2D eigenvalue weighted by Gasteiger charge is -2.23. The summed E-state index contributed by atoms with van der Waals surface area (Å²) in [6.07, 6.45) is 1.47. The maximum atomic E-state index is 13.1. The lowest BCUT2D eigenvalue weighted by Crippen LogP contribution is -2.25. The molecule has 5 rings (SSSR count). The van der Waals surface area contributed by atoms with Crippen LogP contribution in [0.5, 0.6) is 0 Å². The molecule has 182 valence electrons. The van der Waals surface area contributed by atoms with E-state index in [4.69, 9.17) is 4.74 Å². The highest BCUT2D eigenvalue weighted by atomic mass is 32.2. The van der Waals surface area contributed by atoms with Crippen molar-refractivity contribution in [2.45, 2.75) is 29.1 Å². The van der Waals surface area contributed by atoms with E-state index in [2.05, 4.69) is 0 Å². The summed E-state index contributed by atoms with van der Waals surface area (Å²) < 4.78 is 31.4. The number of nitrogens with zero attached hydrogens (tertiary/aromatic N) is 1. The van der Waals surface area contributed by atoms with Crippen molar-refractivity contribution >= 4 is 33.1 Å². The maximum absolute atomic E-state index is 13.1. The Labute approximate surface area is 208 Å². The van der Waals surface area contributed by atoms with E-state index in [1.54, 1.807) is 6.07 Å². The largest absolute Gasteiger partial charge is 0.454 e. The van der Waals surface area contributed by atoms with Crippen molar-refractivity contribution in [2.75, 3.05) is 18.6 Å². The van der Waals surface area contributed by atoms with E-state index in [1.807, 2.05) is 50.1 Å². The molecule has 0 aromatic heterocycles. The number of likely N-dealkylation sites (N-methyl/N-ethyl adjacent to an activating group) is 1. The number of allylic oxidation sites excluding steroid dienone is 1. The molecule has 0 saturated carbocycles. The van der Waals surface area contributed by atoms with Crippen LogP contribution in [0, 0.1) is 0 Å². The minimum Gasteiger partial charge on any atom is -0.454 e. The fourth-order valence-corrected chi connectivity index (χ4v) is 6.56. The van der Waals surface area contributed by atoms with Crippen LogP contribution in [0.2, 0.25) is 0 Å². The number of hydrogen-bond donors (Lipinski definition) is 0. The Morgan fingerprint density at radius 1 is 0.944 bits per heavy atom. The van der Waals surface area contributed by atoms with E-state index in [9.17, 15) is 22.8 Å². The van der Waals surface area contributed by atoms with Crippen molar-refractivity contribution in [3.8, 4) is 0 Å². The van der Waals surface area contributed by atoms with Crippen LogP contribution in [0.25, 0.3) is 0 Å². The SMILES string of the molecule is CN1C(=CC(=O)COC(=O)c2ccc3c(c2)S(=O)(=O)c2ccccc2C3=O)C(C)(C)c2ccccc21. The van der Waals surface area contributed by atoms with Gasteiger partial charge in [-0.05, 0) is 42.0 Å². The number of sulfone groups is 1. The highest BCUT2D eigenvalue weighted by Gasteiger charge is 2.39. The third-order valence-corrected chi connectivity index (χ3v) is 8.61. The number of hydrogen-bond acceptors (Lipinski definition) is 7. The Morgan fingerprint density at radius 3 is 2.36 bits per heavy atom. The van der Waals surface area contributed by atoms with Gasteiger partial charge in [-0.15, -0.1) is 0 Å². The van der Waals surface area contributed by atoms with Crippen LogP contribution in [0.3, 0.4) is 0 Å². The fourth-order valence-electron chi connectivity index (χ4n) is 4.88. The monoisotopic (exact) mass is 501 g/mol. The maximum Gasteiger partial charge on any atom is 0.338 e. The molecule has 0 bridgehead atoms. The number of carbonyl (C=O) groups excluding carboxylic acids is 3. The molecule has 36 heavy (non-hydrogen) atoms. The molecular formula is C28H23NO6S. The molecule has 3 aromatic carbocycles. The van der Waals surface area contributed by atoms with Crippen molar-refractivity contribution < 1.29 is 27.5 Å². The third-order valence-electron chi connectivity index (χ3n) is 6.76. The van der Waals surface area contributed by atoms with Gasteiger partial charge in [0.25, 0.3) is 0 Å². The molecule has 7 nitrogen and oxygen atoms in total. The highest BCUT2D eigenvalue weighted by Crippen LogP contribution is 2.46. The smallest absolute Gasteiger partial charge is 0.338 e. The minimum atomic E-state index is -3.99. The predicted molar refractivity (Wildman–Crippen MR) is 133 cm³/mol. The van der Waals surface area contributed by atoms with Crippen molar-refractivity contribution in [3.05, 3.63) is 101 Å². The summed E-state index contributed by atoms with van der Waals surface area (Å²) in [5.74, 6) is -1.68. The van der Waals surface area contributed by atoms with Gasteiger partial charge in [0.2, 0.25) is 9.84 Å². The number of anilines is 1. The summed E-state index contributed by atoms with van der Waals surface area (Å²) in [5.41, 5.74) is 2.51. The lowest BCUT2D eigenvalue weighted by molar-refractivity contribution is -0.117. The Kier molecular flexibility index (Phi) is 5.44. The first kappa shape index (κ1) is 23.7. The molecule has 0 unspecified atom stereocenters. The molecule has 0 radical (unpaired) electrons. The van der Waals surface area contributed by atoms with Gasteiger partial charge in [0.1, 0.15) is 0 Å². The topological polar surface area (TPSA) is 97.8 Å². The van der Waals surface area contributed by atoms with Crippen LogP contribution < -0.4 is 4.90 Å². The van der Waals surface area contributed by atoms with Gasteiger partial charge in [0, 0.05) is 41.1 Å². The first-order chi connectivity index (χ1) is 17.0. The number of para-hydroxylation sites is 1. The van der Waals surface area contributed by atoms with Gasteiger partial charge in [0.15, 0.2) is 18.2 Å². The Morgan fingerprint density at radius 2 is 1.61 bits per heavy atom. The van der Waals surface area contributed by atoms with E-state index < -0.39 is 39.4 Å². The van der Waals surface area contributed by atoms with Crippen LogP contribution in [0.4, 0.5) is 5.69 Å². The second kappa shape index (κ2) is 8.27. The number of benzene rings is 3. The lowest BCUT2D eigenvalue weighted by atomic mass is 9.83. The van der Waals surface area contributed by atoms with Crippen LogP contribution in [-0.4, -0.2) is 39.6 Å². The number of fused-ring (bicyclic) bond motifs is 3. The molecule has 0 saturated heterocycles. The summed E-state index contributed by atoms with van der Waals surface area (Å²) in [7, 11) is -2.11. The quantitative estimate of drug-likeness (QED) is 0.307. The average molecular weight is 502 g/mol. The molecule has 2 heterocycles. The zero-order valence-corrected chi connectivity index (χ0v) is 20.8. The van der Waals surface area contributed by atoms with Crippen molar-refractivity contribution in [2.24, 2.45) is 0 Å². The number of esters is 1. The molecule has 0 amide bonds. The number of ether oxygens (including phenoxy) is 1. The second-order valence-electron chi connectivity index (χ2n) is 9.31. The zero-order chi connectivity index (χ0) is 25.8.